The van der Waals surface area contributed by atoms with Gasteiger partial charge in [-0.25, -0.2) is 9.78 Å². The topological polar surface area (TPSA) is 120 Å². The molecule has 0 spiro atoms. The smallest absolute Gasteiger partial charge is 0.321 e. The molecule has 11 nitrogen and oxygen atoms in total. The van der Waals surface area contributed by atoms with Gasteiger partial charge in [0.1, 0.15) is 5.82 Å². The number of amides is 4. The molecule has 1 aromatic carbocycles. The number of rotatable bonds is 4. The molecule has 192 valence electrons. The standard InChI is InChI=1S/C25H27N7O4S/c33-22-20(37-25(35)29-22)10-19-11-21(30-6-8-36-9-7-30)28-23(26-19)31-12-16-14-32(15-17(16)13-31)24(34)27-18-4-2-1-3-5-18/h1-5,10-11,16-17H,6-9,12-15H2,(H,27,34)(H,29,33,35)/b20-10+. The Kier molecular flexibility index (Phi) is 6.43. The molecule has 1 aromatic heterocycles. The second-order valence-corrected chi connectivity index (χ2v) is 10.5. The predicted molar refractivity (Wildman–Crippen MR) is 140 cm³/mol. The highest BCUT2D eigenvalue weighted by Crippen LogP contribution is 2.34. The first kappa shape index (κ1) is 23.7. The first-order valence-electron chi connectivity index (χ1n) is 12.3. The summed E-state index contributed by atoms with van der Waals surface area (Å²) in [6.07, 6.45) is 1.65. The van der Waals surface area contributed by atoms with Gasteiger partial charge in [-0.15, -0.1) is 0 Å². The van der Waals surface area contributed by atoms with Crippen molar-refractivity contribution in [1.29, 1.82) is 0 Å². The van der Waals surface area contributed by atoms with Crippen LogP contribution in [0.3, 0.4) is 0 Å². The van der Waals surface area contributed by atoms with Gasteiger partial charge in [0.05, 0.1) is 23.8 Å². The number of morpholine rings is 1. The lowest BCUT2D eigenvalue weighted by Gasteiger charge is -2.29. The van der Waals surface area contributed by atoms with E-state index in [0.717, 1.165) is 49.4 Å². The van der Waals surface area contributed by atoms with Crippen LogP contribution < -0.4 is 20.4 Å². The van der Waals surface area contributed by atoms with Gasteiger partial charge in [-0.3, -0.25) is 14.9 Å². The molecule has 12 heteroatoms. The fraction of sp³-hybridized carbons (Fsp3) is 0.400. The van der Waals surface area contributed by atoms with E-state index >= 15 is 0 Å². The molecule has 37 heavy (non-hydrogen) atoms. The van der Waals surface area contributed by atoms with E-state index in [1.54, 1.807) is 6.08 Å². The third-order valence-electron chi connectivity index (χ3n) is 7.06. The van der Waals surface area contributed by atoms with Crippen LogP contribution in [-0.4, -0.2) is 84.5 Å². The number of urea groups is 1. The highest BCUT2D eigenvalue weighted by atomic mass is 32.2. The Labute approximate surface area is 218 Å². The maximum atomic E-state index is 12.8. The van der Waals surface area contributed by atoms with Gasteiger partial charge in [-0.05, 0) is 30.0 Å². The van der Waals surface area contributed by atoms with Gasteiger partial charge in [0.25, 0.3) is 11.1 Å². The molecule has 2 aromatic rings. The van der Waals surface area contributed by atoms with Crippen molar-refractivity contribution in [3.05, 3.63) is 47.0 Å². The molecule has 2 N–H and O–H groups in total. The SMILES string of the molecule is O=C1NC(=O)/C(=C\c2cc(N3CCOCC3)nc(N3CC4CN(C(=O)Nc5ccccc5)CC4C3)n2)S1. The van der Waals surface area contributed by atoms with Crippen molar-refractivity contribution >= 4 is 52.5 Å². The van der Waals surface area contributed by atoms with E-state index in [-0.39, 0.29) is 11.3 Å². The molecule has 4 aliphatic heterocycles. The summed E-state index contributed by atoms with van der Waals surface area (Å²) in [5.74, 6) is 1.62. The molecular weight excluding hydrogens is 494 g/mol. The first-order chi connectivity index (χ1) is 18.0. The van der Waals surface area contributed by atoms with E-state index in [2.05, 4.69) is 20.4 Å². The van der Waals surface area contributed by atoms with E-state index in [0.29, 0.717) is 54.7 Å². The fourth-order valence-corrected chi connectivity index (χ4v) is 5.88. The molecule has 0 radical (unpaired) electrons. The van der Waals surface area contributed by atoms with Crippen LogP contribution in [0.25, 0.3) is 6.08 Å². The van der Waals surface area contributed by atoms with Crippen LogP contribution in [0.2, 0.25) is 0 Å². The van der Waals surface area contributed by atoms with Gasteiger partial charge in [-0.2, -0.15) is 4.98 Å². The summed E-state index contributed by atoms with van der Waals surface area (Å²) < 4.78 is 5.49. The van der Waals surface area contributed by atoms with Crippen LogP contribution in [0, 0.1) is 11.8 Å². The molecule has 0 bridgehead atoms. The molecule has 2 unspecified atom stereocenters. The molecule has 4 amide bonds. The number of para-hydroxylation sites is 1. The Morgan fingerprint density at radius 2 is 1.76 bits per heavy atom. The number of hydrogen-bond donors (Lipinski definition) is 2. The number of benzene rings is 1. The minimum Gasteiger partial charge on any atom is -0.378 e. The van der Waals surface area contributed by atoms with Gasteiger partial charge in [0.15, 0.2) is 0 Å². The summed E-state index contributed by atoms with van der Waals surface area (Å²) in [5, 5.41) is 4.88. The monoisotopic (exact) mass is 521 g/mol. The zero-order valence-electron chi connectivity index (χ0n) is 20.1. The van der Waals surface area contributed by atoms with Crippen LogP contribution >= 0.6 is 11.8 Å². The maximum Gasteiger partial charge on any atom is 0.321 e. The Bertz CT molecular complexity index is 1240. The number of likely N-dealkylation sites (tertiary alicyclic amines) is 1. The average Bonchev–Trinajstić information content (AvgIpc) is 3.58. The van der Waals surface area contributed by atoms with Crippen LogP contribution in [-0.2, 0) is 9.53 Å². The van der Waals surface area contributed by atoms with Crippen LogP contribution in [0.4, 0.5) is 27.0 Å². The summed E-state index contributed by atoms with van der Waals surface area (Å²) in [6.45, 7) is 5.53. The molecule has 4 saturated heterocycles. The first-order valence-corrected chi connectivity index (χ1v) is 13.2. The fourth-order valence-electron chi connectivity index (χ4n) is 5.21. The molecule has 4 fully saturated rings. The lowest BCUT2D eigenvalue weighted by atomic mass is 10.0. The summed E-state index contributed by atoms with van der Waals surface area (Å²) in [6, 6.07) is 11.3. The largest absolute Gasteiger partial charge is 0.378 e. The van der Waals surface area contributed by atoms with Gasteiger partial charge >= 0.3 is 6.03 Å². The van der Waals surface area contributed by atoms with Crippen molar-refractivity contribution in [2.75, 3.05) is 67.6 Å². The van der Waals surface area contributed by atoms with Crippen molar-refractivity contribution in [1.82, 2.24) is 20.2 Å². The van der Waals surface area contributed by atoms with Gasteiger partial charge in [-0.1, -0.05) is 18.2 Å². The number of carbonyl (C=O) groups is 3. The number of ether oxygens (including phenoxy) is 1. The predicted octanol–water partition coefficient (Wildman–Crippen LogP) is 2.24. The van der Waals surface area contributed by atoms with E-state index in [4.69, 9.17) is 14.7 Å². The number of nitrogens with zero attached hydrogens (tertiary/aromatic N) is 5. The Morgan fingerprint density at radius 1 is 1.03 bits per heavy atom. The Morgan fingerprint density at radius 3 is 2.43 bits per heavy atom. The molecule has 4 aliphatic rings. The van der Waals surface area contributed by atoms with Crippen LogP contribution in [0.15, 0.2) is 41.3 Å². The number of thioether (sulfide) groups is 1. The third-order valence-corrected chi connectivity index (χ3v) is 7.87. The van der Waals surface area contributed by atoms with Gasteiger partial charge < -0.3 is 24.8 Å². The Balaban J connectivity index is 1.19. The Hall–Kier alpha value is -3.64. The van der Waals surface area contributed by atoms with Crippen molar-refractivity contribution in [3.63, 3.8) is 0 Å². The van der Waals surface area contributed by atoms with Crippen LogP contribution in [0.1, 0.15) is 5.69 Å². The number of nitrogens with one attached hydrogen (secondary N) is 2. The molecule has 5 heterocycles. The molecule has 6 rings (SSSR count). The van der Waals surface area contributed by atoms with Crippen LogP contribution in [0.5, 0.6) is 0 Å². The van der Waals surface area contributed by atoms with E-state index in [1.807, 2.05) is 41.3 Å². The van der Waals surface area contributed by atoms with E-state index < -0.39 is 5.91 Å². The van der Waals surface area contributed by atoms with Gasteiger partial charge in [0.2, 0.25) is 5.95 Å². The highest BCUT2D eigenvalue weighted by molar-refractivity contribution is 8.18. The highest BCUT2D eigenvalue weighted by Gasteiger charge is 2.42. The number of aromatic nitrogens is 2. The molecule has 0 aliphatic carbocycles. The van der Waals surface area contributed by atoms with Crippen molar-refractivity contribution in [2.45, 2.75) is 0 Å². The number of anilines is 3. The van der Waals surface area contributed by atoms with Gasteiger partial charge in [0, 0.05) is 62.9 Å². The zero-order chi connectivity index (χ0) is 25.4. The number of imide groups is 1. The quantitative estimate of drug-likeness (QED) is 0.584. The third kappa shape index (κ3) is 5.12. The summed E-state index contributed by atoms with van der Waals surface area (Å²) in [7, 11) is 0. The second-order valence-electron chi connectivity index (χ2n) is 9.53. The van der Waals surface area contributed by atoms with Crippen molar-refractivity contribution in [2.24, 2.45) is 11.8 Å². The van der Waals surface area contributed by atoms with E-state index in [9.17, 15) is 14.4 Å². The second kappa shape index (κ2) is 10.0. The summed E-state index contributed by atoms with van der Waals surface area (Å²) >= 11 is 0.875. The molecule has 0 saturated carbocycles. The number of carbonyl (C=O) groups excluding carboxylic acids is 3. The van der Waals surface area contributed by atoms with E-state index in [1.165, 1.54) is 0 Å². The zero-order valence-corrected chi connectivity index (χ0v) is 20.9. The van der Waals surface area contributed by atoms with Crippen molar-refractivity contribution < 1.29 is 19.1 Å². The lowest BCUT2D eigenvalue weighted by molar-refractivity contribution is -0.115. The summed E-state index contributed by atoms with van der Waals surface area (Å²) in [5.41, 5.74) is 1.37. The molecular formula is C25H27N7O4S. The number of fused-ring (bicyclic) bond motifs is 1. The normalized spacial score (nSPS) is 24.5. The molecule has 2 atom stereocenters. The minimum absolute atomic E-state index is 0.0755. The maximum absolute atomic E-state index is 12.8. The minimum atomic E-state index is -0.410. The number of hydrogen-bond acceptors (Lipinski definition) is 9. The van der Waals surface area contributed by atoms with Crippen molar-refractivity contribution in [3.8, 4) is 0 Å². The summed E-state index contributed by atoms with van der Waals surface area (Å²) in [4.78, 5) is 52.7. The lowest BCUT2D eigenvalue weighted by Crippen LogP contribution is -2.38. The average molecular weight is 522 g/mol.